The number of Topliss-reactive ketones (excluding diaryl/α,β-unsaturated/α-hetero) is 1. The molecule has 0 bridgehead atoms. The summed E-state index contributed by atoms with van der Waals surface area (Å²) < 4.78 is 85.0. The molecule has 3 N–H and O–H groups in total. The van der Waals surface area contributed by atoms with E-state index in [1.165, 1.54) is 24.3 Å². The zero-order valence-electron chi connectivity index (χ0n) is 47.3. The van der Waals surface area contributed by atoms with Crippen LogP contribution in [0.4, 0.5) is 11.4 Å². The number of anilines is 2. The minimum atomic E-state index is -4.47. The molecule has 1 unspecified atom stereocenters. The Kier molecular flexibility index (Phi) is 21.0. The number of likely N-dealkylation sites (N-methyl/N-ethyl adjacent to an activating group) is 1. The first kappa shape index (κ1) is 63.4. The van der Waals surface area contributed by atoms with E-state index in [0.29, 0.717) is 58.2 Å². The number of ether oxygens (including phenoxy) is 3. The summed E-state index contributed by atoms with van der Waals surface area (Å²) in [6, 6.07) is 9.01. The lowest BCUT2D eigenvalue weighted by molar-refractivity contribution is -0.162. The third kappa shape index (κ3) is 18.0. The summed E-state index contributed by atoms with van der Waals surface area (Å²) in [5.74, 6) is -3.78. The van der Waals surface area contributed by atoms with Gasteiger partial charge in [0.15, 0.2) is 0 Å². The number of carbonyl (C=O) groups excluding carboxylic acids is 5. The second-order valence-corrected chi connectivity index (χ2v) is 27.0. The largest absolute Gasteiger partial charge is 0.460 e. The maximum atomic E-state index is 13.6. The molecular formula is C57H85N3O14S2. The predicted octanol–water partition coefficient (Wildman–Crippen LogP) is 10.1. The van der Waals surface area contributed by atoms with Gasteiger partial charge in [-0.3, -0.25) is 33.1 Å². The van der Waals surface area contributed by atoms with Crippen molar-refractivity contribution in [2.75, 3.05) is 29.4 Å². The van der Waals surface area contributed by atoms with Crippen molar-refractivity contribution < 1.29 is 64.1 Å². The van der Waals surface area contributed by atoms with Crippen molar-refractivity contribution in [2.24, 2.45) is 11.8 Å². The van der Waals surface area contributed by atoms with E-state index >= 15 is 0 Å². The average Bonchev–Trinajstić information content (AvgIpc) is 3.61. The molecule has 1 amide bonds. The number of benzene rings is 2. The van der Waals surface area contributed by atoms with Crippen LogP contribution < -0.4 is 15.1 Å². The van der Waals surface area contributed by atoms with E-state index in [2.05, 4.69) is 21.2 Å². The van der Waals surface area contributed by atoms with Crippen molar-refractivity contribution in [1.29, 1.82) is 0 Å². The first-order chi connectivity index (χ1) is 34.9. The molecule has 0 saturated carbocycles. The van der Waals surface area contributed by atoms with E-state index in [9.17, 15) is 49.9 Å². The van der Waals surface area contributed by atoms with Gasteiger partial charge in [-0.15, -0.1) is 0 Å². The summed E-state index contributed by atoms with van der Waals surface area (Å²) in [7, 11) is -8.89. The molecule has 424 valence electrons. The molecule has 17 nitrogen and oxygen atoms in total. The van der Waals surface area contributed by atoms with Crippen LogP contribution in [0.15, 0.2) is 70.1 Å². The van der Waals surface area contributed by atoms with E-state index in [-0.39, 0.29) is 59.6 Å². The van der Waals surface area contributed by atoms with Gasteiger partial charge in [0.25, 0.3) is 20.2 Å². The van der Waals surface area contributed by atoms with Crippen LogP contribution in [0.2, 0.25) is 0 Å². The highest BCUT2D eigenvalue weighted by Crippen LogP contribution is 2.49. The number of fused-ring (bicyclic) bond motifs is 2. The summed E-state index contributed by atoms with van der Waals surface area (Å²) in [5.41, 5.74) is 0.568. The summed E-state index contributed by atoms with van der Waals surface area (Å²) >= 11 is 0. The van der Waals surface area contributed by atoms with Gasteiger partial charge < -0.3 is 29.3 Å². The van der Waals surface area contributed by atoms with E-state index in [1.54, 1.807) is 74.4 Å². The zero-order valence-corrected chi connectivity index (χ0v) is 49.0. The molecule has 2 aliphatic heterocycles. The normalized spacial score (nSPS) is 17.8. The standard InChI is InChI=1S/C57H85N3O14S2/c1-15-59-45-29-27-41(75(66,67)68)36-43(45)56(11,12)47(59)23-21-24-48-57(13,14)44-37-42(76(69,70)71)28-30-46(44)60(48)33-20-16-17-25-49(62)58-32-19-18-22-38(51(64)73-54(5,6)7)34-40(61)35-39(52(65)74-55(8,9)10)26-31-50(63)72-53(2,3)4/h21,23-24,27-30,36-39,48H,15-20,22,25-26,31-35H2,1-14H3,(H,58,62)(H,66,67,68)(H,69,70,71)/b24-21+,47-23+/t38-,39+,48?/m0/s1. The molecule has 0 fully saturated rings. The van der Waals surface area contributed by atoms with Gasteiger partial charge in [0.2, 0.25) is 5.91 Å². The maximum absolute atomic E-state index is 13.6. The summed E-state index contributed by atoms with van der Waals surface area (Å²) in [6.07, 6.45) is 9.30. The molecule has 0 aromatic heterocycles. The van der Waals surface area contributed by atoms with Gasteiger partial charge in [-0.25, -0.2) is 0 Å². The fraction of sp³-hybridized carbons (Fsp3) is 0.632. The van der Waals surface area contributed by atoms with Crippen LogP contribution in [-0.2, 0) is 69.2 Å². The molecule has 0 radical (unpaired) electrons. The van der Waals surface area contributed by atoms with Gasteiger partial charge in [0.1, 0.15) is 22.6 Å². The van der Waals surface area contributed by atoms with Gasteiger partial charge in [0.05, 0.1) is 27.7 Å². The number of carbonyl (C=O) groups is 5. The Morgan fingerprint density at radius 3 is 1.74 bits per heavy atom. The smallest absolute Gasteiger partial charge is 0.309 e. The van der Waals surface area contributed by atoms with Gasteiger partial charge in [-0.05, 0) is 155 Å². The molecular weight excluding hydrogens is 1010 g/mol. The number of allylic oxidation sites excluding steroid dienone is 3. The van der Waals surface area contributed by atoms with Crippen molar-refractivity contribution in [3.05, 3.63) is 71.5 Å². The van der Waals surface area contributed by atoms with Gasteiger partial charge >= 0.3 is 17.9 Å². The lowest BCUT2D eigenvalue weighted by Gasteiger charge is -2.32. The Labute approximate surface area is 452 Å². The van der Waals surface area contributed by atoms with Crippen LogP contribution in [0.25, 0.3) is 0 Å². The van der Waals surface area contributed by atoms with E-state index in [4.69, 9.17) is 14.2 Å². The highest BCUT2D eigenvalue weighted by molar-refractivity contribution is 7.86. The van der Waals surface area contributed by atoms with Gasteiger partial charge in [-0.1, -0.05) is 52.7 Å². The molecule has 0 spiro atoms. The minimum Gasteiger partial charge on any atom is -0.460 e. The first-order valence-corrected chi connectivity index (χ1v) is 29.4. The molecule has 0 saturated heterocycles. The minimum absolute atomic E-state index is 0.0432. The molecule has 2 aliphatic rings. The number of ketones is 1. The third-order valence-electron chi connectivity index (χ3n) is 13.5. The summed E-state index contributed by atoms with van der Waals surface area (Å²) in [5, 5.41) is 2.97. The number of unbranched alkanes of at least 4 members (excludes halogenated alkanes) is 3. The Bertz CT molecular complexity index is 2720. The molecule has 3 atom stereocenters. The SMILES string of the molecule is CCN1/C(=C/C=C/C2N(CCCCCC(=O)NCCCC[C@@H](CC(=O)C[C@@H](CCC(=O)OC(C)(C)C)C(=O)OC(C)(C)C)C(=O)OC(C)(C)C)c3ccc(S(=O)(=O)O)cc3C2(C)C)C(C)(C)c2cc(S(=O)(=O)O)ccc21. The fourth-order valence-electron chi connectivity index (χ4n) is 9.92. The van der Waals surface area contributed by atoms with E-state index < -0.39 is 77.6 Å². The van der Waals surface area contributed by atoms with Crippen LogP contribution in [0.1, 0.15) is 179 Å². The lowest BCUT2D eigenvalue weighted by atomic mass is 9.80. The topological polar surface area (TPSA) is 240 Å². The summed E-state index contributed by atoms with van der Waals surface area (Å²) in [6.45, 7) is 27.2. The van der Waals surface area contributed by atoms with Gasteiger partial charge in [-0.2, -0.15) is 16.8 Å². The Morgan fingerprint density at radius 2 is 1.21 bits per heavy atom. The van der Waals surface area contributed by atoms with Crippen molar-refractivity contribution in [2.45, 2.75) is 211 Å². The van der Waals surface area contributed by atoms with Crippen LogP contribution in [0, 0.1) is 11.8 Å². The summed E-state index contributed by atoms with van der Waals surface area (Å²) in [4.78, 5) is 69.6. The number of nitrogens with one attached hydrogen (secondary N) is 1. The van der Waals surface area contributed by atoms with Crippen molar-refractivity contribution in [3.63, 3.8) is 0 Å². The van der Waals surface area contributed by atoms with E-state index in [1.807, 2.05) is 46.8 Å². The number of amides is 1. The number of esters is 3. The second kappa shape index (κ2) is 25.1. The maximum Gasteiger partial charge on any atom is 0.309 e. The molecule has 76 heavy (non-hydrogen) atoms. The fourth-order valence-corrected chi connectivity index (χ4v) is 10.9. The third-order valence-corrected chi connectivity index (χ3v) is 15.2. The van der Waals surface area contributed by atoms with E-state index in [0.717, 1.165) is 28.2 Å². The van der Waals surface area contributed by atoms with Crippen LogP contribution in [0.5, 0.6) is 0 Å². The number of hydrogen-bond donors (Lipinski definition) is 3. The second-order valence-electron chi connectivity index (χ2n) is 24.2. The number of nitrogens with zero attached hydrogens (tertiary/aromatic N) is 2. The zero-order chi connectivity index (χ0) is 57.4. The van der Waals surface area contributed by atoms with Crippen LogP contribution >= 0.6 is 0 Å². The molecule has 2 aromatic carbocycles. The molecule has 2 heterocycles. The monoisotopic (exact) mass is 1100 g/mol. The molecule has 2 aromatic rings. The van der Waals surface area contributed by atoms with Crippen LogP contribution in [-0.4, -0.2) is 98.0 Å². The molecule has 19 heteroatoms. The Morgan fingerprint density at radius 1 is 0.684 bits per heavy atom. The highest BCUT2D eigenvalue weighted by atomic mass is 32.2. The predicted molar refractivity (Wildman–Crippen MR) is 293 cm³/mol. The van der Waals surface area contributed by atoms with Crippen LogP contribution in [0.3, 0.4) is 0 Å². The quantitative estimate of drug-likeness (QED) is 0.0363. The van der Waals surface area contributed by atoms with Crippen molar-refractivity contribution in [1.82, 2.24) is 5.32 Å². The van der Waals surface area contributed by atoms with Gasteiger partial charge in [0, 0.05) is 73.2 Å². The highest BCUT2D eigenvalue weighted by Gasteiger charge is 2.44. The first-order valence-electron chi connectivity index (χ1n) is 26.5. The average molecular weight is 1100 g/mol. The van der Waals surface area contributed by atoms with Crippen molar-refractivity contribution >= 4 is 61.2 Å². The number of hydrogen-bond acceptors (Lipinski definition) is 14. The molecule has 0 aliphatic carbocycles. The Hall–Kier alpha value is -5.11. The number of rotatable bonds is 25. The molecule has 4 rings (SSSR count). The lowest BCUT2D eigenvalue weighted by Crippen LogP contribution is -2.40. The Balaban J connectivity index is 1.36. The van der Waals surface area contributed by atoms with Crippen molar-refractivity contribution in [3.8, 4) is 0 Å².